The van der Waals surface area contributed by atoms with Crippen molar-refractivity contribution < 1.29 is 13.2 Å². The SMILES string of the molecule is O=C(Nc1c(S(=O)(=O)c2ccccc2)c2nc3ccccc3nc2n1CCc1ccccc1)c1ccccc1Cl. The number of hydrogen-bond donors (Lipinski definition) is 1. The number of para-hydroxylation sites is 2. The van der Waals surface area contributed by atoms with E-state index in [0.717, 1.165) is 5.56 Å². The molecule has 40 heavy (non-hydrogen) atoms. The van der Waals surface area contributed by atoms with Gasteiger partial charge in [0.25, 0.3) is 5.91 Å². The summed E-state index contributed by atoms with van der Waals surface area (Å²) in [5.41, 5.74) is 2.97. The highest BCUT2D eigenvalue weighted by molar-refractivity contribution is 7.92. The molecular formula is C31H23ClN4O3S. The number of nitrogens with one attached hydrogen (secondary N) is 1. The molecular weight excluding hydrogens is 544 g/mol. The third-order valence-corrected chi connectivity index (χ3v) is 8.79. The quantitative estimate of drug-likeness (QED) is 0.236. The standard InChI is InChI=1S/C31H23ClN4O3S/c32-24-16-8-7-15-23(24)31(37)35-30-28(40(38,39)22-13-5-2-6-14-22)27-29(34-26-18-10-9-17-25(26)33-27)36(30)20-19-21-11-3-1-4-12-21/h1-18H,19-20H2,(H,35,37). The molecule has 0 saturated carbocycles. The Morgan fingerprint density at radius 3 is 2.08 bits per heavy atom. The van der Waals surface area contributed by atoms with E-state index in [1.54, 1.807) is 53.1 Å². The minimum atomic E-state index is -4.14. The number of halogens is 1. The van der Waals surface area contributed by atoms with Crippen LogP contribution in [0, 0.1) is 0 Å². The van der Waals surface area contributed by atoms with Crippen LogP contribution in [0.15, 0.2) is 119 Å². The monoisotopic (exact) mass is 566 g/mol. The van der Waals surface area contributed by atoms with E-state index in [4.69, 9.17) is 21.6 Å². The van der Waals surface area contributed by atoms with Gasteiger partial charge in [-0.15, -0.1) is 0 Å². The number of fused-ring (bicyclic) bond motifs is 2. The maximum atomic E-state index is 14.2. The second kappa shape index (κ2) is 10.6. The molecule has 6 rings (SSSR count). The molecule has 0 aliphatic carbocycles. The van der Waals surface area contributed by atoms with Crippen molar-refractivity contribution in [2.75, 3.05) is 5.32 Å². The van der Waals surface area contributed by atoms with Gasteiger partial charge < -0.3 is 9.88 Å². The number of sulfone groups is 1. The minimum Gasteiger partial charge on any atom is -0.309 e. The fourth-order valence-electron chi connectivity index (χ4n) is 4.69. The molecule has 1 N–H and O–H groups in total. The molecule has 0 saturated heterocycles. The van der Waals surface area contributed by atoms with Gasteiger partial charge in [-0.3, -0.25) is 4.79 Å². The molecule has 198 valence electrons. The lowest BCUT2D eigenvalue weighted by molar-refractivity contribution is 0.102. The van der Waals surface area contributed by atoms with Gasteiger partial charge in [-0.2, -0.15) is 0 Å². The molecule has 1 amide bonds. The number of nitrogens with zero attached hydrogens (tertiary/aromatic N) is 3. The van der Waals surface area contributed by atoms with Crippen LogP contribution in [0.5, 0.6) is 0 Å². The Balaban J connectivity index is 1.63. The number of carbonyl (C=O) groups is 1. The number of benzene rings is 4. The number of carbonyl (C=O) groups excluding carboxylic acids is 1. The highest BCUT2D eigenvalue weighted by Gasteiger charge is 2.32. The Morgan fingerprint density at radius 1 is 0.775 bits per heavy atom. The molecule has 0 radical (unpaired) electrons. The van der Waals surface area contributed by atoms with Gasteiger partial charge >= 0.3 is 0 Å². The zero-order valence-corrected chi connectivity index (χ0v) is 22.7. The Morgan fingerprint density at radius 2 is 1.38 bits per heavy atom. The van der Waals surface area contributed by atoms with Crippen molar-refractivity contribution in [3.8, 4) is 0 Å². The summed E-state index contributed by atoms with van der Waals surface area (Å²) < 4.78 is 30.2. The van der Waals surface area contributed by atoms with E-state index in [9.17, 15) is 13.2 Å². The van der Waals surface area contributed by atoms with Gasteiger partial charge in [0.2, 0.25) is 9.84 Å². The number of aromatic nitrogens is 3. The van der Waals surface area contributed by atoms with Gasteiger partial charge in [0, 0.05) is 6.54 Å². The Hall–Kier alpha value is -4.53. The maximum Gasteiger partial charge on any atom is 0.258 e. The average Bonchev–Trinajstić information content (AvgIpc) is 3.28. The summed E-state index contributed by atoms with van der Waals surface area (Å²) in [4.78, 5) is 23.1. The van der Waals surface area contributed by atoms with Crippen LogP contribution in [-0.2, 0) is 22.8 Å². The lowest BCUT2D eigenvalue weighted by Gasteiger charge is -2.14. The number of rotatable bonds is 7. The molecule has 2 heterocycles. The van der Waals surface area contributed by atoms with E-state index in [2.05, 4.69) is 5.32 Å². The molecule has 0 aliphatic heterocycles. The van der Waals surface area contributed by atoms with E-state index in [0.29, 0.717) is 29.6 Å². The summed E-state index contributed by atoms with van der Waals surface area (Å²) in [5.74, 6) is -0.446. The van der Waals surface area contributed by atoms with Crippen molar-refractivity contribution in [2.24, 2.45) is 0 Å². The molecule has 4 aromatic carbocycles. The van der Waals surface area contributed by atoms with Crippen molar-refractivity contribution in [3.05, 3.63) is 125 Å². The van der Waals surface area contributed by atoms with E-state index < -0.39 is 15.7 Å². The van der Waals surface area contributed by atoms with E-state index in [1.807, 2.05) is 48.5 Å². The van der Waals surface area contributed by atoms with Gasteiger partial charge in [-0.1, -0.05) is 84.4 Å². The summed E-state index contributed by atoms with van der Waals surface area (Å²) in [6.45, 7) is 0.343. The molecule has 6 aromatic rings. The van der Waals surface area contributed by atoms with E-state index in [1.165, 1.54) is 12.1 Å². The predicted molar refractivity (Wildman–Crippen MR) is 156 cm³/mol. The molecule has 9 heteroatoms. The summed E-state index contributed by atoms with van der Waals surface area (Å²) in [5, 5.41) is 3.12. The fourth-order valence-corrected chi connectivity index (χ4v) is 6.47. The van der Waals surface area contributed by atoms with Gasteiger partial charge in [0.15, 0.2) is 5.65 Å². The summed E-state index contributed by atoms with van der Waals surface area (Å²) in [6, 6.07) is 31.8. The van der Waals surface area contributed by atoms with E-state index in [-0.39, 0.29) is 31.7 Å². The normalized spacial score (nSPS) is 11.6. The fraction of sp³-hybridized carbons (Fsp3) is 0.0645. The average molecular weight is 567 g/mol. The second-order valence-corrected chi connectivity index (χ2v) is 11.5. The lowest BCUT2D eigenvalue weighted by Crippen LogP contribution is -2.18. The Bertz CT molecular complexity index is 1970. The molecule has 0 unspecified atom stereocenters. The third-order valence-electron chi connectivity index (χ3n) is 6.65. The molecule has 7 nitrogen and oxygen atoms in total. The molecule has 2 aromatic heterocycles. The van der Waals surface area contributed by atoms with Crippen molar-refractivity contribution >= 4 is 55.4 Å². The van der Waals surface area contributed by atoms with Crippen molar-refractivity contribution in [2.45, 2.75) is 22.8 Å². The van der Waals surface area contributed by atoms with Gasteiger partial charge in [0.05, 0.1) is 26.5 Å². The molecule has 0 atom stereocenters. The highest BCUT2D eigenvalue weighted by atomic mass is 35.5. The van der Waals surface area contributed by atoms with Crippen LogP contribution in [-0.4, -0.2) is 28.9 Å². The molecule has 0 spiro atoms. The maximum absolute atomic E-state index is 14.2. The van der Waals surface area contributed by atoms with E-state index >= 15 is 0 Å². The lowest BCUT2D eigenvalue weighted by atomic mass is 10.1. The largest absolute Gasteiger partial charge is 0.309 e. The van der Waals surface area contributed by atoms with Crippen LogP contribution in [0.3, 0.4) is 0 Å². The number of anilines is 1. The highest BCUT2D eigenvalue weighted by Crippen LogP contribution is 2.37. The first kappa shape index (κ1) is 25.7. The third kappa shape index (κ3) is 4.72. The van der Waals surface area contributed by atoms with Crippen LogP contribution in [0.2, 0.25) is 5.02 Å². The van der Waals surface area contributed by atoms with Crippen LogP contribution in [0.1, 0.15) is 15.9 Å². The molecule has 0 fully saturated rings. The minimum absolute atomic E-state index is 0.0836. The molecule has 0 bridgehead atoms. The summed E-state index contributed by atoms with van der Waals surface area (Å²) in [7, 11) is -4.14. The van der Waals surface area contributed by atoms with Crippen molar-refractivity contribution in [1.82, 2.24) is 14.5 Å². The van der Waals surface area contributed by atoms with Crippen LogP contribution >= 0.6 is 11.6 Å². The number of hydrogen-bond acceptors (Lipinski definition) is 5. The first-order chi connectivity index (χ1) is 19.4. The molecule has 0 aliphatic rings. The van der Waals surface area contributed by atoms with Crippen LogP contribution in [0.4, 0.5) is 5.82 Å². The predicted octanol–water partition coefficient (Wildman–Crippen LogP) is 6.57. The number of amides is 1. The van der Waals surface area contributed by atoms with Crippen molar-refractivity contribution in [3.63, 3.8) is 0 Å². The zero-order chi connectivity index (χ0) is 27.7. The first-order valence-electron chi connectivity index (χ1n) is 12.6. The smallest absolute Gasteiger partial charge is 0.258 e. The first-order valence-corrected chi connectivity index (χ1v) is 14.5. The topological polar surface area (TPSA) is 93.9 Å². The summed E-state index contributed by atoms with van der Waals surface area (Å²) >= 11 is 6.33. The van der Waals surface area contributed by atoms with Crippen LogP contribution in [0.25, 0.3) is 22.2 Å². The Kier molecular flexibility index (Phi) is 6.79. The van der Waals surface area contributed by atoms with Gasteiger partial charge in [0.1, 0.15) is 16.2 Å². The van der Waals surface area contributed by atoms with Crippen molar-refractivity contribution in [1.29, 1.82) is 0 Å². The number of aryl methyl sites for hydroxylation is 2. The summed E-state index contributed by atoms with van der Waals surface area (Å²) in [6.07, 6.45) is 0.568. The van der Waals surface area contributed by atoms with Crippen LogP contribution < -0.4 is 5.32 Å². The van der Waals surface area contributed by atoms with Gasteiger partial charge in [-0.25, -0.2) is 18.4 Å². The van der Waals surface area contributed by atoms with Gasteiger partial charge in [-0.05, 0) is 48.4 Å². The zero-order valence-electron chi connectivity index (χ0n) is 21.2. The second-order valence-electron chi connectivity index (χ2n) is 9.20. The Labute approximate surface area is 236 Å².